The Bertz CT molecular complexity index is 884. The second-order valence-corrected chi connectivity index (χ2v) is 8.08. The molecular formula is C26H33NO7. The first kappa shape index (κ1) is 26.8. The van der Waals surface area contributed by atoms with E-state index in [4.69, 9.17) is 14.2 Å². The molecule has 0 spiro atoms. The van der Waals surface area contributed by atoms with Crippen LogP contribution in [-0.4, -0.2) is 23.2 Å². The summed E-state index contributed by atoms with van der Waals surface area (Å²) >= 11 is 0. The molecule has 0 fully saturated rings. The topological polar surface area (TPSA) is 105 Å². The second-order valence-electron chi connectivity index (χ2n) is 8.08. The lowest BCUT2D eigenvalue weighted by Crippen LogP contribution is -2.22. The third-order valence-electron chi connectivity index (χ3n) is 5.30. The number of benzene rings is 2. The molecule has 0 saturated carbocycles. The van der Waals surface area contributed by atoms with E-state index in [-0.39, 0.29) is 30.4 Å². The van der Waals surface area contributed by atoms with Gasteiger partial charge in [0, 0.05) is 18.6 Å². The molecule has 0 unspecified atom stereocenters. The number of carbonyl (C=O) groups excluding carboxylic acids is 2. The maximum Gasteiger partial charge on any atom is 0.514 e. The molecule has 0 aliphatic heterocycles. The van der Waals surface area contributed by atoms with Crippen LogP contribution in [0.3, 0.4) is 0 Å². The molecule has 0 aliphatic rings. The highest BCUT2D eigenvalue weighted by atomic mass is 16.7. The molecule has 1 atom stereocenters. The third kappa shape index (κ3) is 10.9. The lowest BCUT2D eigenvalue weighted by atomic mass is 10.0. The Kier molecular flexibility index (Phi) is 12.2. The fraction of sp³-hybridized carbons (Fsp3) is 0.462. The Hall–Kier alpha value is -3.42. The highest BCUT2D eigenvalue weighted by Gasteiger charge is 2.19. The summed E-state index contributed by atoms with van der Waals surface area (Å²) in [4.78, 5) is 34.7. The molecule has 2 rings (SSSR count). The van der Waals surface area contributed by atoms with Crippen LogP contribution in [0.4, 0.5) is 10.5 Å². The number of nitrogens with zero attached hydrogens (tertiary/aromatic N) is 1. The van der Waals surface area contributed by atoms with Crippen molar-refractivity contribution in [3.63, 3.8) is 0 Å². The molecule has 2 aromatic rings. The molecule has 0 aliphatic carbocycles. The number of carbonyl (C=O) groups is 2. The minimum atomic E-state index is -0.900. The van der Waals surface area contributed by atoms with E-state index in [2.05, 4.69) is 6.92 Å². The number of unbranched alkanes of at least 4 members (excludes halogenated alkanes) is 5. The van der Waals surface area contributed by atoms with Gasteiger partial charge in [0.15, 0.2) is 0 Å². The lowest BCUT2D eigenvalue weighted by molar-refractivity contribution is -0.384. The summed E-state index contributed by atoms with van der Waals surface area (Å²) in [6.45, 7) is 2.36. The quantitative estimate of drug-likeness (QED) is 0.0929. The van der Waals surface area contributed by atoms with E-state index in [1.54, 1.807) is 0 Å². The summed E-state index contributed by atoms with van der Waals surface area (Å²) in [7, 11) is 0. The smallest absolute Gasteiger partial charge is 0.461 e. The highest BCUT2D eigenvalue weighted by Crippen LogP contribution is 2.20. The van der Waals surface area contributed by atoms with Crippen molar-refractivity contribution in [3.05, 3.63) is 70.3 Å². The Morgan fingerprint density at radius 3 is 2.26 bits per heavy atom. The predicted octanol–water partition coefficient (Wildman–Crippen LogP) is 6.75. The number of rotatable bonds is 15. The van der Waals surface area contributed by atoms with Gasteiger partial charge in [-0.05, 0) is 37.0 Å². The van der Waals surface area contributed by atoms with Gasteiger partial charge in [0.25, 0.3) is 5.69 Å². The van der Waals surface area contributed by atoms with Crippen LogP contribution in [0.25, 0.3) is 0 Å². The number of non-ortho nitro benzene ring substituents is 1. The minimum Gasteiger partial charge on any atom is -0.461 e. The second kappa shape index (κ2) is 15.4. The molecule has 0 amide bonds. The first-order chi connectivity index (χ1) is 16.5. The molecule has 8 heteroatoms. The van der Waals surface area contributed by atoms with E-state index in [1.807, 2.05) is 30.3 Å². The molecule has 184 valence electrons. The van der Waals surface area contributed by atoms with Crippen molar-refractivity contribution in [2.45, 2.75) is 77.4 Å². The Labute approximate surface area is 200 Å². The Morgan fingerprint density at radius 2 is 1.59 bits per heavy atom. The summed E-state index contributed by atoms with van der Waals surface area (Å²) < 4.78 is 15.9. The summed E-state index contributed by atoms with van der Waals surface area (Å²) in [5.74, 6) is -0.208. The number of hydrogen-bond donors (Lipinski definition) is 0. The van der Waals surface area contributed by atoms with Crippen LogP contribution in [-0.2, 0) is 20.9 Å². The summed E-state index contributed by atoms with van der Waals surface area (Å²) in [5.41, 5.74) is 0.804. The van der Waals surface area contributed by atoms with Crippen LogP contribution in [0.5, 0.6) is 5.75 Å². The van der Waals surface area contributed by atoms with Gasteiger partial charge >= 0.3 is 12.1 Å². The largest absolute Gasteiger partial charge is 0.514 e. The van der Waals surface area contributed by atoms with Crippen molar-refractivity contribution < 1.29 is 28.7 Å². The van der Waals surface area contributed by atoms with Gasteiger partial charge in [-0.1, -0.05) is 69.4 Å². The van der Waals surface area contributed by atoms with Gasteiger partial charge in [-0.3, -0.25) is 14.9 Å². The molecule has 0 saturated heterocycles. The van der Waals surface area contributed by atoms with E-state index in [1.165, 1.54) is 43.5 Å². The Balaban J connectivity index is 1.83. The normalized spacial score (nSPS) is 11.4. The first-order valence-electron chi connectivity index (χ1n) is 11.8. The first-order valence-corrected chi connectivity index (χ1v) is 11.8. The molecule has 2 aromatic carbocycles. The molecule has 34 heavy (non-hydrogen) atoms. The monoisotopic (exact) mass is 471 g/mol. The van der Waals surface area contributed by atoms with Gasteiger partial charge in [0.05, 0.1) is 4.92 Å². The van der Waals surface area contributed by atoms with E-state index in [0.29, 0.717) is 12.8 Å². The number of nitro groups is 1. The van der Waals surface area contributed by atoms with Crippen molar-refractivity contribution in [3.8, 4) is 5.75 Å². The van der Waals surface area contributed by atoms with Crippen LogP contribution in [0, 0.1) is 10.1 Å². The van der Waals surface area contributed by atoms with Crippen molar-refractivity contribution in [2.75, 3.05) is 0 Å². The van der Waals surface area contributed by atoms with Gasteiger partial charge in [-0.25, -0.2) is 4.79 Å². The van der Waals surface area contributed by atoms with Gasteiger partial charge in [0.2, 0.25) is 0 Å². The SMILES string of the molecule is CCCCCCCC[C@H](CCC(=O)OCc1ccccc1)OC(=O)Oc1ccc([N+](=O)[O-])cc1. The van der Waals surface area contributed by atoms with Crippen LogP contribution in [0.2, 0.25) is 0 Å². The van der Waals surface area contributed by atoms with Gasteiger partial charge < -0.3 is 14.2 Å². The fourth-order valence-corrected chi connectivity index (χ4v) is 3.40. The average Bonchev–Trinajstić information content (AvgIpc) is 2.84. The zero-order valence-corrected chi connectivity index (χ0v) is 19.6. The predicted molar refractivity (Wildman–Crippen MR) is 127 cm³/mol. The van der Waals surface area contributed by atoms with Crippen LogP contribution in [0.15, 0.2) is 54.6 Å². The van der Waals surface area contributed by atoms with Crippen molar-refractivity contribution in [2.24, 2.45) is 0 Å². The van der Waals surface area contributed by atoms with E-state index >= 15 is 0 Å². The van der Waals surface area contributed by atoms with Crippen molar-refractivity contribution >= 4 is 17.8 Å². The minimum absolute atomic E-state index is 0.101. The Morgan fingerprint density at radius 1 is 0.912 bits per heavy atom. The number of nitro benzene ring substituents is 1. The molecule has 0 heterocycles. The maximum absolute atomic E-state index is 12.3. The number of hydrogen-bond acceptors (Lipinski definition) is 7. The number of ether oxygens (including phenoxy) is 3. The van der Waals surface area contributed by atoms with Gasteiger partial charge in [-0.15, -0.1) is 0 Å². The molecule has 0 N–H and O–H groups in total. The fourth-order valence-electron chi connectivity index (χ4n) is 3.40. The van der Waals surface area contributed by atoms with E-state index in [9.17, 15) is 19.7 Å². The highest BCUT2D eigenvalue weighted by molar-refractivity contribution is 5.69. The third-order valence-corrected chi connectivity index (χ3v) is 5.30. The molecule has 0 bridgehead atoms. The average molecular weight is 472 g/mol. The molecular weight excluding hydrogens is 438 g/mol. The van der Waals surface area contributed by atoms with Gasteiger partial charge in [0.1, 0.15) is 18.5 Å². The van der Waals surface area contributed by atoms with Crippen LogP contribution < -0.4 is 4.74 Å². The zero-order chi connectivity index (χ0) is 24.6. The maximum atomic E-state index is 12.3. The number of esters is 1. The van der Waals surface area contributed by atoms with Crippen LogP contribution >= 0.6 is 0 Å². The molecule has 8 nitrogen and oxygen atoms in total. The summed E-state index contributed by atoms with van der Waals surface area (Å²) in [6, 6.07) is 14.6. The van der Waals surface area contributed by atoms with Gasteiger partial charge in [-0.2, -0.15) is 0 Å². The molecule has 0 radical (unpaired) electrons. The standard InChI is InChI=1S/C26H33NO7/c1-2-3-4-5-6-10-13-23(18-19-25(28)32-20-21-11-8-7-9-12-21)33-26(29)34-24-16-14-22(15-17-24)27(30)31/h7-9,11-12,14-17,23H,2-6,10,13,18-20H2,1H3/t23-/m1/s1. The molecule has 0 aromatic heterocycles. The van der Waals surface area contributed by atoms with E-state index in [0.717, 1.165) is 24.8 Å². The van der Waals surface area contributed by atoms with E-state index < -0.39 is 17.2 Å². The lowest BCUT2D eigenvalue weighted by Gasteiger charge is -2.17. The summed E-state index contributed by atoms with van der Waals surface area (Å²) in [6.07, 6.45) is 6.25. The van der Waals surface area contributed by atoms with Crippen LogP contribution in [0.1, 0.15) is 70.3 Å². The summed E-state index contributed by atoms with van der Waals surface area (Å²) in [5, 5.41) is 10.8. The van der Waals surface area contributed by atoms with Crippen molar-refractivity contribution in [1.29, 1.82) is 0 Å². The zero-order valence-electron chi connectivity index (χ0n) is 19.6. The van der Waals surface area contributed by atoms with Crippen molar-refractivity contribution in [1.82, 2.24) is 0 Å².